The second-order valence-electron chi connectivity index (χ2n) is 8.18. The van der Waals surface area contributed by atoms with Crippen LogP contribution in [-0.2, 0) is 9.53 Å². The van der Waals surface area contributed by atoms with Crippen molar-refractivity contribution in [3.05, 3.63) is 59.3 Å². The number of hydrogen-bond acceptors (Lipinski definition) is 8. The molecule has 9 nitrogen and oxygen atoms in total. The number of carbonyl (C=O) groups is 2. The van der Waals surface area contributed by atoms with Gasteiger partial charge in [-0.25, -0.2) is 0 Å². The van der Waals surface area contributed by atoms with E-state index in [4.69, 9.17) is 18.6 Å². The molecule has 3 heterocycles. The Bertz CT molecular complexity index is 1040. The first-order valence-electron chi connectivity index (χ1n) is 11.5. The van der Waals surface area contributed by atoms with Gasteiger partial charge in [0.2, 0.25) is 5.78 Å². The zero-order valence-corrected chi connectivity index (χ0v) is 19.5. The smallest absolute Gasteiger partial charge is 0.290 e. The van der Waals surface area contributed by atoms with E-state index in [0.29, 0.717) is 50.0 Å². The van der Waals surface area contributed by atoms with Crippen LogP contribution in [0.2, 0.25) is 0 Å². The van der Waals surface area contributed by atoms with Crippen LogP contribution < -0.4 is 9.47 Å². The SMILES string of the molecule is CCCOc1ccc([C@@H]2C(C(=O)c3ccco3)=C(O)C(=O)N2CCN2CCOCC2)cc1OC. The van der Waals surface area contributed by atoms with Gasteiger partial charge in [0, 0.05) is 26.2 Å². The number of methoxy groups -OCH3 is 1. The average molecular weight is 471 g/mol. The Kier molecular flexibility index (Phi) is 7.54. The van der Waals surface area contributed by atoms with Crippen LogP contribution in [0.25, 0.3) is 0 Å². The number of aliphatic hydroxyl groups is 1. The predicted octanol–water partition coefficient (Wildman–Crippen LogP) is 2.99. The van der Waals surface area contributed by atoms with Gasteiger partial charge in [-0.1, -0.05) is 13.0 Å². The molecule has 0 aliphatic carbocycles. The second-order valence-corrected chi connectivity index (χ2v) is 8.18. The summed E-state index contributed by atoms with van der Waals surface area (Å²) in [6.45, 7) is 6.28. The third kappa shape index (κ3) is 4.80. The van der Waals surface area contributed by atoms with Gasteiger partial charge in [0.05, 0.1) is 44.8 Å². The Morgan fingerprint density at radius 3 is 2.65 bits per heavy atom. The number of morpholine rings is 1. The fourth-order valence-electron chi connectivity index (χ4n) is 4.26. The summed E-state index contributed by atoms with van der Waals surface area (Å²) >= 11 is 0. The van der Waals surface area contributed by atoms with Crippen LogP contribution in [0.4, 0.5) is 0 Å². The molecule has 1 amide bonds. The lowest BCUT2D eigenvalue weighted by Crippen LogP contribution is -2.43. The van der Waals surface area contributed by atoms with Crippen LogP contribution in [0.15, 0.2) is 52.3 Å². The van der Waals surface area contributed by atoms with Crippen molar-refractivity contribution in [3.63, 3.8) is 0 Å². The van der Waals surface area contributed by atoms with Gasteiger partial charge in [-0.3, -0.25) is 14.5 Å². The van der Waals surface area contributed by atoms with E-state index in [2.05, 4.69) is 4.90 Å². The Morgan fingerprint density at radius 1 is 1.18 bits per heavy atom. The molecule has 0 radical (unpaired) electrons. The molecule has 1 N–H and O–H groups in total. The normalized spacial score (nSPS) is 19.1. The lowest BCUT2D eigenvalue weighted by molar-refractivity contribution is -0.129. The van der Waals surface area contributed by atoms with Crippen molar-refractivity contribution in [2.24, 2.45) is 0 Å². The summed E-state index contributed by atoms with van der Waals surface area (Å²) in [6.07, 6.45) is 2.23. The van der Waals surface area contributed by atoms with E-state index in [1.54, 1.807) is 24.3 Å². The molecule has 1 saturated heterocycles. The largest absolute Gasteiger partial charge is 0.503 e. The fourth-order valence-corrected chi connectivity index (χ4v) is 4.26. The summed E-state index contributed by atoms with van der Waals surface area (Å²) in [4.78, 5) is 30.2. The third-order valence-corrected chi connectivity index (χ3v) is 6.02. The van der Waals surface area contributed by atoms with Crippen LogP contribution in [0.1, 0.15) is 35.5 Å². The van der Waals surface area contributed by atoms with Crippen LogP contribution in [0, 0.1) is 0 Å². The number of hydrogen-bond donors (Lipinski definition) is 1. The number of benzene rings is 1. The van der Waals surface area contributed by atoms with E-state index in [1.807, 2.05) is 6.92 Å². The summed E-state index contributed by atoms with van der Waals surface area (Å²) in [7, 11) is 1.54. The van der Waals surface area contributed by atoms with Gasteiger partial charge in [0.15, 0.2) is 23.0 Å². The van der Waals surface area contributed by atoms with Crippen molar-refractivity contribution in [2.45, 2.75) is 19.4 Å². The Hall–Kier alpha value is -3.30. The summed E-state index contributed by atoms with van der Waals surface area (Å²) in [5, 5.41) is 10.8. The van der Waals surface area contributed by atoms with Crippen molar-refractivity contribution < 1.29 is 33.3 Å². The molecule has 1 fully saturated rings. The number of aliphatic hydroxyl groups excluding tert-OH is 1. The highest BCUT2D eigenvalue weighted by Gasteiger charge is 2.44. The highest BCUT2D eigenvalue weighted by Crippen LogP contribution is 2.41. The molecule has 2 aromatic rings. The number of nitrogens with zero attached hydrogens (tertiary/aromatic N) is 2. The van der Waals surface area contributed by atoms with Crippen LogP contribution in [0.3, 0.4) is 0 Å². The molecular weight excluding hydrogens is 440 g/mol. The van der Waals surface area contributed by atoms with Gasteiger partial charge in [-0.15, -0.1) is 0 Å². The number of ether oxygens (including phenoxy) is 3. The number of rotatable bonds is 10. The molecule has 1 aromatic carbocycles. The van der Waals surface area contributed by atoms with Crippen LogP contribution in [-0.4, -0.2) is 79.7 Å². The molecule has 0 bridgehead atoms. The van der Waals surface area contributed by atoms with Crippen LogP contribution in [0.5, 0.6) is 11.5 Å². The quantitative estimate of drug-likeness (QED) is 0.529. The molecule has 0 unspecified atom stereocenters. The van der Waals surface area contributed by atoms with E-state index in [1.165, 1.54) is 24.3 Å². The van der Waals surface area contributed by atoms with Gasteiger partial charge in [0.1, 0.15) is 0 Å². The molecule has 182 valence electrons. The standard InChI is InChI=1S/C25H30N2O7/c1-3-12-33-18-7-6-17(16-20(18)31-2)22-21(23(28)19-5-4-13-34-19)24(29)25(30)27(22)9-8-26-10-14-32-15-11-26/h4-7,13,16,22,29H,3,8-12,14-15H2,1-2H3/t22-/m1/s1. The van der Waals surface area contributed by atoms with Crippen molar-refractivity contribution in [1.29, 1.82) is 0 Å². The molecule has 34 heavy (non-hydrogen) atoms. The minimum Gasteiger partial charge on any atom is -0.503 e. The van der Waals surface area contributed by atoms with E-state index in [0.717, 1.165) is 19.5 Å². The van der Waals surface area contributed by atoms with E-state index < -0.39 is 23.5 Å². The number of carbonyl (C=O) groups excluding carboxylic acids is 2. The molecule has 4 rings (SSSR count). The molecular formula is C25H30N2O7. The summed E-state index contributed by atoms with van der Waals surface area (Å²) in [6, 6.07) is 7.62. The summed E-state index contributed by atoms with van der Waals surface area (Å²) in [5.41, 5.74) is 0.626. The van der Waals surface area contributed by atoms with Gasteiger partial charge >= 0.3 is 0 Å². The lowest BCUT2D eigenvalue weighted by atomic mass is 9.94. The highest BCUT2D eigenvalue weighted by molar-refractivity contribution is 6.15. The number of ketones is 1. The lowest BCUT2D eigenvalue weighted by Gasteiger charge is -2.31. The monoisotopic (exact) mass is 470 g/mol. The molecule has 2 aliphatic heterocycles. The molecule has 1 aromatic heterocycles. The molecule has 0 saturated carbocycles. The van der Waals surface area contributed by atoms with E-state index in [9.17, 15) is 14.7 Å². The third-order valence-electron chi connectivity index (χ3n) is 6.02. The molecule has 9 heteroatoms. The minimum atomic E-state index is -0.791. The maximum atomic E-state index is 13.3. The first-order chi connectivity index (χ1) is 16.5. The predicted molar refractivity (Wildman–Crippen MR) is 123 cm³/mol. The first kappa shape index (κ1) is 23.8. The van der Waals surface area contributed by atoms with Gasteiger partial charge < -0.3 is 28.6 Å². The van der Waals surface area contributed by atoms with Crippen molar-refractivity contribution in [1.82, 2.24) is 9.80 Å². The topological polar surface area (TPSA) is 102 Å². The van der Waals surface area contributed by atoms with Gasteiger partial charge in [-0.2, -0.15) is 0 Å². The Balaban J connectivity index is 1.69. The zero-order valence-electron chi connectivity index (χ0n) is 19.5. The highest BCUT2D eigenvalue weighted by atomic mass is 16.5. The van der Waals surface area contributed by atoms with E-state index in [-0.39, 0.29) is 11.3 Å². The number of Topliss-reactive ketones (excluding diaryl/α,β-unsaturated/α-hetero) is 1. The van der Waals surface area contributed by atoms with Crippen molar-refractivity contribution >= 4 is 11.7 Å². The van der Waals surface area contributed by atoms with Gasteiger partial charge in [0.25, 0.3) is 5.91 Å². The summed E-state index contributed by atoms with van der Waals surface area (Å²) in [5.74, 6) is -0.548. The molecule has 1 atom stereocenters. The molecule has 2 aliphatic rings. The van der Waals surface area contributed by atoms with Crippen molar-refractivity contribution in [2.75, 3.05) is 53.1 Å². The van der Waals surface area contributed by atoms with E-state index >= 15 is 0 Å². The van der Waals surface area contributed by atoms with Gasteiger partial charge in [-0.05, 0) is 36.2 Å². The first-order valence-corrected chi connectivity index (χ1v) is 11.5. The minimum absolute atomic E-state index is 0.00814. The maximum absolute atomic E-state index is 13.3. The Labute approximate surface area is 198 Å². The number of furan rings is 1. The molecule has 0 spiro atoms. The van der Waals surface area contributed by atoms with Crippen molar-refractivity contribution in [3.8, 4) is 11.5 Å². The number of amides is 1. The second kappa shape index (κ2) is 10.8. The Morgan fingerprint density at radius 2 is 1.97 bits per heavy atom. The summed E-state index contributed by atoms with van der Waals surface area (Å²) < 4.78 is 22.0. The maximum Gasteiger partial charge on any atom is 0.290 e. The average Bonchev–Trinajstić information content (AvgIpc) is 3.49. The fraction of sp³-hybridized carbons (Fsp3) is 0.440. The van der Waals surface area contributed by atoms with Crippen LogP contribution >= 0.6 is 0 Å². The zero-order chi connectivity index (χ0) is 24.1.